The van der Waals surface area contributed by atoms with Crippen LogP contribution in [0.5, 0.6) is 5.88 Å². The van der Waals surface area contributed by atoms with E-state index in [4.69, 9.17) is 4.74 Å². The number of nitrogens with zero attached hydrogens (tertiary/aromatic N) is 2. The standard InChI is InChI=1S/C14H23N3O3/c1-4-7-15-13-9-12(17(18)19)10-14(16-13)20-8-5-6-11(2)3/h9-11H,4-8H2,1-3H3,(H,15,16). The fraction of sp³-hybridized carbons (Fsp3) is 0.643. The second kappa shape index (κ2) is 8.35. The van der Waals surface area contributed by atoms with Crippen LogP contribution in [0, 0.1) is 16.0 Å². The molecule has 0 spiro atoms. The lowest BCUT2D eigenvalue weighted by Crippen LogP contribution is -2.06. The van der Waals surface area contributed by atoms with Crippen molar-refractivity contribution < 1.29 is 9.66 Å². The fourth-order valence-electron chi connectivity index (χ4n) is 1.68. The van der Waals surface area contributed by atoms with Crippen molar-refractivity contribution in [1.82, 2.24) is 4.98 Å². The summed E-state index contributed by atoms with van der Waals surface area (Å²) in [5.74, 6) is 1.42. The van der Waals surface area contributed by atoms with Crippen LogP contribution in [0.25, 0.3) is 0 Å². The normalized spacial score (nSPS) is 10.6. The summed E-state index contributed by atoms with van der Waals surface area (Å²) in [5, 5.41) is 13.9. The third-order valence-electron chi connectivity index (χ3n) is 2.73. The minimum atomic E-state index is -0.431. The zero-order valence-corrected chi connectivity index (χ0v) is 12.4. The van der Waals surface area contributed by atoms with Gasteiger partial charge in [-0.15, -0.1) is 0 Å². The van der Waals surface area contributed by atoms with Crippen LogP contribution in [-0.4, -0.2) is 23.1 Å². The first-order chi connectivity index (χ1) is 9.52. The van der Waals surface area contributed by atoms with E-state index in [1.165, 1.54) is 12.1 Å². The van der Waals surface area contributed by atoms with Crippen LogP contribution < -0.4 is 10.1 Å². The summed E-state index contributed by atoms with van der Waals surface area (Å²) in [6, 6.07) is 2.79. The molecular formula is C14H23N3O3. The van der Waals surface area contributed by atoms with Gasteiger partial charge < -0.3 is 10.1 Å². The molecule has 0 radical (unpaired) electrons. The van der Waals surface area contributed by atoms with Crippen molar-refractivity contribution in [2.24, 2.45) is 5.92 Å². The summed E-state index contributed by atoms with van der Waals surface area (Å²) in [6.07, 6.45) is 2.91. The van der Waals surface area contributed by atoms with E-state index in [0.717, 1.165) is 25.8 Å². The molecule has 0 amide bonds. The van der Waals surface area contributed by atoms with Gasteiger partial charge in [-0.1, -0.05) is 20.8 Å². The van der Waals surface area contributed by atoms with Crippen LogP contribution >= 0.6 is 0 Å². The average Bonchev–Trinajstić information content (AvgIpc) is 2.41. The summed E-state index contributed by atoms with van der Waals surface area (Å²) in [6.45, 7) is 7.57. The Bertz CT molecular complexity index is 436. The van der Waals surface area contributed by atoms with Crippen molar-refractivity contribution in [3.63, 3.8) is 0 Å². The summed E-state index contributed by atoms with van der Waals surface area (Å²) < 4.78 is 5.51. The molecule has 0 saturated heterocycles. The number of hydrogen-bond acceptors (Lipinski definition) is 5. The van der Waals surface area contributed by atoms with Crippen molar-refractivity contribution >= 4 is 11.5 Å². The van der Waals surface area contributed by atoms with E-state index >= 15 is 0 Å². The molecule has 1 N–H and O–H groups in total. The van der Waals surface area contributed by atoms with E-state index < -0.39 is 4.92 Å². The van der Waals surface area contributed by atoms with E-state index in [1.54, 1.807) is 0 Å². The molecule has 0 aliphatic carbocycles. The van der Waals surface area contributed by atoms with E-state index in [0.29, 0.717) is 24.2 Å². The van der Waals surface area contributed by atoms with Gasteiger partial charge in [-0.05, 0) is 25.2 Å². The molecule has 0 unspecified atom stereocenters. The van der Waals surface area contributed by atoms with Crippen LogP contribution in [0.15, 0.2) is 12.1 Å². The Morgan fingerprint density at radius 1 is 1.45 bits per heavy atom. The van der Waals surface area contributed by atoms with Gasteiger partial charge in [0.2, 0.25) is 5.88 Å². The van der Waals surface area contributed by atoms with Gasteiger partial charge in [0, 0.05) is 6.54 Å². The monoisotopic (exact) mass is 281 g/mol. The molecule has 0 fully saturated rings. The predicted octanol–water partition coefficient (Wildman–Crippen LogP) is 3.63. The van der Waals surface area contributed by atoms with Crippen LogP contribution in [0.1, 0.15) is 40.0 Å². The molecule has 0 atom stereocenters. The number of nitrogens with one attached hydrogen (secondary N) is 1. The Labute approximate surface area is 119 Å². The van der Waals surface area contributed by atoms with Gasteiger partial charge in [0.25, 0.3) is 5.69 Å². The molecule has 0 saturated carbocycles. The van der Waals surface area contributed by atoms with Crippen LogP contribution in [0.3, 0.4) is 0 Å². The van der Waals surface area contributed by atoms with Gasteiger partial charge in [-0.3, -0.25) is 10.1 Å². The maximum Gasteiger partial charge on any atom is 0.278 e. The van der Waals surface area contributed by atoms with Crippen molar-refractivity contribution in [2.75, 3.05) is 18.5 Å². The Kier molecular flexibility index (Phi) is 6.76. The van der Waals surface area contributed by atoms with Crippen LogP contribution in [0.4, 0.5) is 11.5 Å². The highest BCUT2D eigenvalue weighted by Crippen LogP contribution is 2.22. The summed E-state index contributed by atoms with van der Waals surface area (Å²) in [7, 11) is 0. The third-order valence-corrected chi connectivity index (χ3v) is 2.73. The Morgan fingerprint density at radius 3 is 2.80 bits per heavy atom. The zero-order valence-electron chi connectivity index (χ0n) is 12.4. The number of pyridine rings is 1. The number of aromatic nitrogens is 1. The number of nitro groups is 1. The molecule has 0 aliphatic heterocycles. The molecule has 20 heavy (non-hydrogen) atoms. The number of rotatable bonds is 9. The van der Waals surface area contributed by atoms with Gasteiger partial charge in [0.1, 0.15) is 5.82 Å². The smallest absolute Gasteiger partial charge is 0.278 e. The molecule has 6 heteroatoms. The molecule has 1 aromatic rings. The van der Waals surface area contributed by atoms with Crippen LogP contribution in [0.2, 0.25) is 0 Å². The van der Waals surface area contributed by atoms with Gasteiger partial charge in [0.05, 0.1) is 23.7 Å². The minimum Gasteiger partial charge on any atom is -0.477 e. The van der Waals surface area contributed by atoms with E-state index in [2.05, 4.69) is 24.1 Å². The highest BCUT2D eigenvalue weighted by molar-refractivity contribution is 5.48. The zero-order chi connectivity index (χ0) is 15.0. The van der Waals surface area contributed by atoms with Crippen molar-refractivity contribution in [3.05, 3.63) is 22.2 Å². The molecule has 1 aromatic heterocycles. The lowest BCUT2D eigenvalue weighted by atomic mass is 10.1. The Balaban J connectivity index is 2.67. The molecule has 1 rings (SSSR count). The first kappa shape index (κ1) is 16.2. The Morgan fingerprint density at radius 2 is 2.20 bits per heavy atom. The molecule has 1 heterocycles. The van der Waals surface area contributed by atoms with E-state index in [-0.39, 0.29) is 5.69 Å². The van der Waals surface area contributed by atoms with Gasteiger partial charge in [-0.25, -0.2) is 0 Å². The quantitative estimate of drug-likeness (QED) is 0.425. The van der Waals surface area contributed by atoms with Crippen molar-refractivity contribution in [3.8, 4) is 5.88 Å². The maximum atomic E-state index is 10.9. The molecule has 0 aliphatic rings. The number of hydrogen-bond donors (Lipinski definition) is 1. The summed E-state index contributed by atoms with van der Waals surface area (Å²) >= 11 is 0. The van der Waals surface area contributed by atoms with Gasteiger partial charge in [0.15, 0.2) is 0 Å². The average molecular weight is 281 g/mol. The summed E-state index contributed by atoms with van der Waals surface area (Å²) in [4.78, 5) is 14.7. The maximum absolute atomic E-state index is 10.9. The SMILES string of the molecule is CCCNc1cc([N+](=O)[O-])cc(OCCCC(C)C)n1. The van der Waals surface area contributed by atoms with Crippen LogP contribution in [-0.2, 0) is 0 Å². The minimum absolute atomic E-state index is 0.00235. The van der Waals surface area contributed by atoms with Crippen molar-refractivity contribution in [1.29, 1.82) is 0 Å². The van der Waals surface area contributed by atoms with E-state index in [9.17, 15) is 10.1 Å². The molecule has 112 valence electrons. The van der Waals surface area contributed by atoms with E-state index in [1.807, 2.05) is 6.92 Å². The summed E-state index contributed by atoms with van der Waals surface area (Å²) in [5.41, 5.74) is -0.00235. The highest BCUT2D eigenvalue weighted by Gasteiger charge is 2.12. The lowest BCUT2D eigenvalue weighted by molar-refractivity contribution is -0.384. The topological polar surface area (TPSA) is 77.3 Å². The fourth-order valence-corrected chi connectivity index (χ4v) is 1.68. The molecule has 6 nitrogen and oxygen atoms in total. The number of ether oxygens (including phenoxy) is 1. The first-order valence-corrected chi connectivity index (χ1v) is 7.06. The number of anilines is 1. The molecule has 0 bridgehead atoms. The first-order valence-electron chi connectivity index (χ1n) is 7.06. The second-order valence-electron chi connectivity index (χ2n) is 5.12. The highest BCUT2D eigenvalue weighted by atomic mass is 16.6. The van der Waals surface area contributed by atoms with Crippen molar-refractivity contribution in [2.45, 2.75) is 40.0 Å². The third kappa shape index (κ3) is 5.86. The van der Waals surface area contributed by atoms with Gasteiger partial charge in [-0.2, -0.15) is 4.98 Å². The molecule has 0 aromatic carbocycles. The largest absolute Gasteiger partial charge is 0.477 e. The lowest BCUT2D eigenvalue weighted by Gasteiger charge is -2.09. The second-order valence-corrected chi connectivity index (χ2v) is 5.12. The molecular weight excluding hydrogens is 258 g/mol. The van der Waals surface area contributed by atoms with Gasteiger partial charge >= 0.3 is 0 Å². The predicted molar refractivity (Wildman–Crippen MR) is 79.2 cm³/mol. The Hall–Kier alpha value is -1.85.